The summed E-state index contributed by atoms with van der Waals surface area (Å²) in [4.78, 5) is 21.9. The Labute approximate surface area is 140 Å². The van der Waals surface area contributed by atoms with Crippen molar-refractivity contribution in [3.05, 3.63) is 52.7 Å². The van der Waals surface area contributed by atoms with Crippen LogP contribution in [0.25, 0.3) is 10.9 Å². The smallest absolute Gasteiger partial charge is 0.272 e. The molecule has 0 unspecified atom stereocenters. The van der Waals surface area contributed by atoms with Crippen molar-refractivity contribution in [3.8, 4) is 0 Å². The summed E-state index contributed by atoms with van der Waals surface area (Å²) in [5.74, 6) is 0.0793. The molecule has 6 heteroatoms. The van der Waals surface area contributed by atoms with Crippen LogP contribution in [0.3, 0.4) is 0 Å². The van der Waals surface area contributed by atoms with Gasteiger partial charge in [-0.1, -0.05) is 11.6 Å². The summed E-state index contributed by atoms with van der Waals surface area (Å²) in [6.07, 6.45) is 1.67. The average molecular weight is 331 g/mol. The van der Waals surface area contributed by atoms with Gasteiger partial charge in [-0.3, -0.25) is 4.79 Å². The van der Waals surface area contributed by atoms with E-state index in [-0.39, 0.29) is 18.3 Å². The highest BCUT2D eigenvalue weighted by Gasteiger charge is 2.30. The van der Waals surface area contributed by atoms with Crippen LogP contribution < -0.4 is 0 Å². The summed E-state index contributed by atoms with van der Waals surface area (Å²) in [5, 5.41) is 1.15. The Balaban J connectivity index is 0.00000156. The van der Waals surface area contributed by atoms with Gasteiger partial charge in [0.15, 0.2) is 0 Å². The largest absolute Gasteiger partial charge is 0.348 e. The van der Waals surface area contributed by atoms with Crippen molar-refractivity contribution in [2.24, 2.45) is 0 Å². The normalized spacial score (nSPS) is 13.5. The van der Waals surface area contributed by atoms with E-state index in [4.69, 9.17) is 0 Å². The van der Waals surface area contributed by atoms with Crippen LogP contribution in [-0.4, -0.2) is 25.3 Å². The SMILES string of the molecule is Cc1cc(C)c2c(c1)cc1n2CN(Cc2nc[nH]c2C)C1=O.Cl. The lowest BCUT2D eigenvalue weighted by molar-refractivity contribution is 0.0755. The third kappa shape index (κ3) is 2.32. The summed E-state index contributed by atoms with van der Waals surface area (Å²) >= 11 is 0. The number of carbonyl (C=O) groups is 1. The number of aryl methyl sites for hydroxylation is 3. The fourth-order valence-corrected chi connectivity index (χ4v) is 3.39. The van der Waals surface area contributed by atoms with Gasteiger partial charge in [-0.25, -0.2) is 4.98 Å². The van der Waals surface area contributed by atoms with Crippen LogP contribution in [0.4, 0.5) is 0 Å². The highest BCUT2D eigenvalue weighted by Crippen LogP contribution is 2.30. The molecular weight excluding hydrogens is 312 g/mol. The van der Waals surface area contributed by atoms with Crippen molar-refractivity contribution >= 4 is 29.2 Å². The van der Waals surface area contributed by atoms with E-state index in [0.717, 1.165) is 28.0 Å². The average Bonchev–Trinajstić information content (AvgIpc) is 3.09. The summed E-state index contributed by atoms with van der Waals surface area (Å²) in [6, 6.07) is 6.32. The topological polar surface area (TPSA) is 53.9 Å². The number of aromatic nitrogens is 3. The summed E-state index contributed by atoms with van der Waals surface area (Å²) < 4.78 is 2.12. The van der Waals surface area contributed by atoms with Crippen LogP contribution in [0.1, 0.15) is 33.0 Å². The second kappa shape index (κ2) is 5.42. The lowest BCUT2D eigenvalue weighted by Gasteiger charge is -2.15. The number of nitrogens with zero attached hydrogens (tertiary/aromatic N) is 3. The zero-order chi connectivity index (χ0) is 15.4. The Hall–Kier alpha value is -2.27. The fourth-order valence-electron chi connectivity index (χ4n) is 3.39. The molecule has 0 aliphatic carbocycles. The second-order valence-electron chi connectivity index (χ2n) is 6.10. The minimum Gasteiger partial charge on any atom is -0.348 e. The molecule has 0 saturated carbocycles. The number of amides is 1. The molecule has 0 radical (unpaired) electrons. The standard InChI is InChI=1S/C17H18N4O.ClH/c1-10-4-11(2)16-13(5-10)6-15-17(22)20(9-21(15)16)7-14-12(3)18-8-19-14;/h4-6,8H,7,9H2,1-3H3,(H,18,19);1H. The first-order chi connectivity index (χ1) is 10.5. The number of carbonyl (C=O) groups excluding carboxylic acids is 1. The van der Waals surface area contributed by atoms with Gasteiger partial charge in [0.1, 0.15) is 5.69 Å². The number of benzene rings is 1. The number of H-pyrrole nitrogens is 1. The van der Waals surface area contributed by atoms with Crippen molar-refractivity contribution in [2.45, 2.75) is 34.0 Å². The van der Waals surface area contributed by atoms with Crippen LogP contribution >= 0.6 is 12.4 Å². The number of aromatic amines is 1. The Kier molecular flexibility index (Phi) is 3.68. The molecule has 1 N–H and O–H groups in total. The first-order valence-corrected chi connectivity index (χ1v) is 7.43. The van der Waals surface area contributed by atoms with E-state index in [1.165, 1.54) is 11.1 Å². The van der Waals surface area contributed by atoms with Crippen LogP contribution in [0, 0.1) is 20.8 Å². The van der Waals surface area contributed by atoms with E-state index in [1.807, 2.05) is 17.9 Å². The van der Waals surface area contributed by atoms with Crippen molar-refractivity contribution in [1.82, 2.24) is 19.4 Å². The number of nitrogens with one attached hydrogen (secondary N) is 1. The van der Waals surface area contributed by atoms with Gasteiger partial charge in [0.25, 0.3) is 5.91 Å². The lowest BCUT2D eigenvalue weighted by Crippen LogP contribution is -2.24. The molecule has 3 heterocycles. The minimum atomic E-state index is 0. The third-order valence-corrected chi connectivity index (χ3v) is 4.42. The molecule has 0 saturated heterocycles. The Morgan fingerprint density at radius 3 is 2.70 bits per heavy atom. The van der Waals surface area contributed by atoms with Crippen molar-refractivity contribution < 1.29 is 4.79 Å². The van der Waals surface area contributed by atoms with Gasteiger partial charge >= 0.3 is 0 Å². The third-order valence-electron chi connectivity index (χ3n) is 4.42. The number of imidazole rings is 1. The first-order valence-electron chi connectivity index (χ1n) is 7.43. The summed E-state index contributed by atoms with van der Waals surface area (Å²) in [6.45, 7) is 7.30. The van der Waals surface area contributed by atoms with Gasteiger partial charge in [-0.05, 0) is 38.5 Å². The van der Waals surface area contributed by atoms with Crippen LogP contribution in [0.5, 0.6) is 0 Å². The number of rotatable bonds is 2. The summed E-state index contributed by atoms with van der Waals surface area (Å²) in [7, 11) is 0. The molecule has 0 spiro atoms. The monoisotopic (exact) mass is 330 g/mol. The molecule has 1 aromatic carbocycles. The minimum absolute atomic E-state index is 0. The predicted octanol–water partition coefficient (Wildman–Crippen LogP) is 3.32. The number of hydrogen-bond donors (Lipinski definition) is 1. The quantitative estimate of drug-likeness (QED) is 0.783. The maximum atomic E-state index is 12.7. The van der Waals surface area contributed by atoms with Gasteiger partial charge < -0.3 is 14.5 Å². The van der Waals surface area contributed by atoms with Gasteiger partial charge in [-0.15, -0.1) is 12.4 Å². The van der Waals surface area contributed by atoms with Crippen molar-refractivity contribution in [1.29, 1.82) is 0 Å². The lowest BCUT2D eigenvalue weighted by atomic mass is 10.1. The van der Waals surface area contributed by atoms with Crippen LogP contribution in [-0.2, 0) is 13.2 Å². The molecule has 3 aromatic rings. The molecule has 2 aromatic heterocycles. The van der Waals surface area contributed by atoms with E-state index >= 15 is 0 Å². The highest BCUT2D eigenvalue weighted by atomic mass is 35.5. The zero-order valence-electron chi connectivity index (χ0n) is 13.4. The van der Waals surface area contributed by atoms with Crippen LogP contribution in [0.2, 0.25) is 0 Å². The Morgan fingerprint density at radius 2 is 2.00 bits per heavy atom. The predicted molar refractivity (Wildman–Crippen MR) is 91.9 cm³/mol. The Morgan fingerprint density at radius 1 is 1.22 bits per heavy atom. The van der Waals surface area contributed by atoms with Crippen LogP contribution in [0.15, 0.2) is 24.5 Å². The molecule has 5 nitrogen and oxygen atoms in total. The van der Waals surface area contributed by atoms with Gasteiger partial charge in [0, 0.05) is 11.1 Å². The molecule has 4 rings (SSSR count). The molecule has 0 bridgehead atoms. The molecule has 0 fully saturated rings. The molecule has 0 atom stereocenters. The van der Waals surface area contributed by atoms with E-state index in [0.29, 0.717) is 13.2 Å². The van der Waals surface area contributed by atoms with Gasteiger partial charge in [-0.2, -0.15) is 0 Å². The molecule has 23 heavy (non-hydrogen) atoms. The van der Waals surface area contributed by atoms with E-state index in [2.05, 4.69) is 40.5 Å². The fraction of sp³-hybridized carbons (Fsp3) is 0.294. The maximum Gasteiger partial charge on any atom is 0.272 e. The summed E-state index contributed by atoms with van der Waals surface area (Å²) in [5.41, 5.74) is 6.32. The second-order valence-corrected chi connectivity index (χ2v) is 6.10. The van der Waals surface area contributed by atoms with E-state index in [9.17, 15) is 4.79 Å². The molecule has 120 valence electrons. The molecular formula is C17H19ClN4O. The number of halogens is 1. The van der Waals surface area contributed by atoms with Gasteiger partial charge in [0.05, 0.1) is 30.8 Å². The highest BCUT2D eigenvalue weighted by molar-refractivity contribution is 6.01. The molecule has 1 aliphatic heterocycles. The zero-order valence-corrected chi connectivity index (χ0v) is 14.2. The number of fused-ring (bicyclic) bond motifs is 3. The number of hydrogen-bond acceptors (Lipinski definition) is 2. The maximum absolute atomic E-state index is 12.7. The van der Waals surface area contributed by atoms with E-state index < -0.39 is 0 Å². The van der Waals surface area contributed by atoms with Gasteiger partial charge in [0.2, 0.25) is 0 Å². The van der Waals surface area contributed by atoms with Crippen molar-refractivity contribution in [3.63, 3.8) is 0 Å². The molecule has 1 aliphatic rings. The first kappa shape index (κ1) is 15.6. The molecule has 1 amide bonds. The van der Waals surface area contributed by atoms with E-state index in [1.54, 1.807) is 6.33 Å². The Bertz CT molecular complexity index is 909. The van der Waals surface area contributed by atoms with Crippen molar-refractivity contribution in [2.75, 3.05) is 0 Å².